The quantitative estimate of drug-likeness (QED) is 0.129. The molecule has 14 nitrogen and oxygen atoms in total. The highest BCUT2D eigenvalue weighted by Crippen LogP contribution is 2.40. The molecular weight excluding hydrogens is 664 g/mol. The molecule has 46 heavy (non-hydrogen) atoms. The Hall–Kier alpha value is -3.81. The number of amides is 4. The van der Waals surface area contributed by atoms with E-state index in [9.17, 15) is 28.8 Å². The molecule has 1 aliphatic rings. The Kier molecular flexibility index (Phi) is 10.6. The van der Waals surface area contributed by atoms with Gasteiger partial charge in [0.25, 0.3) is 0 Å². The lowest BCUT2D eigenvalue weighted by atomic mass is 9.78. The van der Waals surface area contributed by atoms with Crippen LogP contribution >= 0.6 is 31.0 Å². The molecular formula is C29H34Cl2N5O9P. The fourth-order valence-electron chi connectivity index (χ4n) is 5.61. The number of hydrogen-bond acceptors (Lipinski definition) is 6. The fourth-order valence-corrected chi connectivity index (χ4v) is 6.55. The van der Waals surface area contributed by atoms with E-state index < -0.39 is 55.7 Å². The summed E-state index contributed by atoms with van der Waals surface area (Å²) in [6.07, 6.45) is -0.518. The van der Waals surface area contributed by atoms with Crippen LogP contribution in [0.15, 0.2) is 36.4 Å². The van der Waals surface area contributed by atoms with E-state index in [-0.39, 0.29) is 30.1 Å². The van der Waals surface area contributed by atoms with Crippen LogP contribution in [0.1, 0.15) is 49.4 Å². The molecule has 2 aromatic carbocycles. The smallest absolute Gasteiger partial charge is 0.465 e. The van der Waals surface area contributed by atoms with Crippen molar-refractivity contribution in [3.63, 3.8) is 0 Å². The third-order valence-electron chi connectivity index (χ3n) is 8.18. The minimum Gasteiger partial charge on any atom is -0.465 e. The highest BCUT2D eigenvalue weighted by molar-refractivity contribution is 7.46. The van der Waals surface area contributed by atoms with Gasteiger partial charge in [-0.15, -0.1) is 0 Å². The van der Waals surface area contributed by atoms with Crippen LogP contribution in [0.2, 0.25) is 10.0 Å². The van der Waals surface area contributed by atoms with E-state index >= 15 is 0 Å². The second-order valence-electron chi connectivity index (χ2n) is 11.3. The Balaban J connectivity index is 1.76. The SMILES string of the molecule is CCC(C)[C@H](NC(=O)[C@@]1(NC(=O)[C@H](CNC(=O)O)c2ccc(OP(=O)(O)O)cc2)CCc2[nH]c3c(Cl)cc(Cl)cc3c2C1)C(N)=O. The van der Waals surface area contributed by atoms with Crippen molar-refractivity contribution >= 4 is 65.7 Å². The number of aryl methyl sites for hydroxylation is 1. The van der Waals surface area contributed by atoms with Crippen molar-refractivity contribution in [3.05, 3.63) is 63.3 Å². The fraction of sp³-hybridized carbons (Fsp3) is 0.379. The van der Waals surface area contributed by atoms with Gasteiger partial charge >= 0.3 is 13.9 Å². The van der Waals surface area contributed by atoms with Crippen LogP contribution in [0, 0.1) is 5.92 Å². The van der Waals surface area contributed by atoms with Gasteiger partial charge in [-0.1, -0.05) is 55.6 Å². The number of carbonyl (C=O) groups is 4. The van der Waals surface area contributed by atoms with Gasteiger partial charge < -0.3 is 36.3 Å². The van der Waals surface area contributed by atoms with E-state index in [1.165, 1.54) is 24.3 Å². The highest BCUT2D eigenvalue weighted by Gasteiger charge is 2.46. The lowest BCUT2D eigenvalue weighted by Gasteiger charge is -2.39. The molecule has 0 fully saturated rings. The predicted octanol–water partition coefficient (Wildman–Crippen LogP) is 3.36. The number of phosphoric acid groups is 1. The molecule has 248 valence electrons. The molecule has 1 unspecified atom stereocenters. The van der Waals surface area contributed by atoms with E-state index in [0.29, 0.717) is 39.4 Å². The van der Waals surface area contributed by atoms with Crippen LogP contribution in [0.25, 0.3) is 10.9 Å². The predicted molar refractivity (Wildman–Crippen MR) is 170 cm³/mol. The lowest BCUT2D eigenvalue weighted by Crippen LogP contribution is -2.65. The number of halogens is 2. The maximum absolute atomic E-state index is 14.2. The maximum atomic E-state index is 14.2. The van der Waals surface area contributed by atoms with Crippen molar-refractivity contribution in [2.24, 2.45) is 11.7 Å². The van der Waals surface area contributed by atoms with Crippen molar-refractivity contribution in [3.8, 4) is 5.75 Å². The summed E-state index contributed by atoms with van der Waals surface area (Å²) in [7, 11) is -4.86. The first-order chi connectivity index (χ1) is 21.5. The zero-order valence-corrected chi connectivity index (χ0v) is 27.2. The maximum Gasteiger partial charge on any atom is 0.524 e. The molecule has 17 heteroatoms. The number of primary amides is 1. The molecule has 4 rings (SSSR count). The first-order valence-corrected chi connectivity index (χ1v) is 16.5. The van der Waals surface area contributed by atoms with Crippen LogP contribution in [0.5, 0.6) is 5.75 Å². The molecule has 3 aromatic rings. The Bertz CT molecular complexity index is 1710. The lowest BCUT2D eigenvalue weighted by molar-refractivity contribution is -0.137. The summed E-state index contributed by atoms with van der Waals surface area (Å²) in [6, 6.07) is 7.36. The third-order valence-corrected chi connectivity index (χ3v) is 9.15. The van der Waals surface area contributed by atoms with Crippen molar-refractivity contribution in [1.82, 2.24) is 20.9 Å². The van der Waals surface area contributed by atoms with Crippen molar-refractivity contribution in [1.29, 1.82) is 0 Å². The zero-order valence-electron chi connectivity index (χ0n) is 24.8. The minimum atomic E-state index is -4.86. The summed E-state index contributed by atoms with van der Waals surface area (Å²) in [6.45, 7) is 3.20. The Morgan fingerprint density at radius 1 is 1.15 bits per heavy atom. The Morgan fingerprint density at radius 2 is 1.83 bits per heavy atom. The second kappa shape index (κ2) is 13.9. The Labute approximate surface area is 273 Å². The largest absolute Gasteiger partial charge is 0.524 e. The number of hydrogen-bond donors (Lipinski definition) is 8. The van der Waals surface area contributed by atoms with Gasteiger partial charge in [0.1, 0.15) is 17.3 Å². The van der Waals surface area contributed by atoms with Crippen LogP contribution < -0.4 is 26.2 Å². The second-order valence-corrected chi connectivity index (χ2v) is 13.3. The van der Waals surface area contributed by atoms with Gasteiger partial charge in [0.05, 0.1) is 16.5 Å². The number of rotatable bonds is 12. The average molecular weight is 698 g/mol. The number of fused-ring (bicyclic) bond motifs is 3. The van der Waals surface area contributed by atoms with Crippen molar-refractivity contribution in [2.75, 3.05) is 6.54 Å². The van der Waals surface area contributed by atoms with Crippen LogP contribution in [0.3, 0.4) is 0 Å². The van der Waals surface area contributed by atoms with E-state index in [2.05, 4.69) is 25.5 Å². The van der Waals surface area contributed by atoms with Gasteiger partial charge in [-0.25, -0.2) is 9.36 Å². The number of aromatic nitrogens is 1. The van der Waals surface area contributed by atoms with E-state index in [0.717, 1.165) is 5.69 Å². The minimum absolute atomic E-state index is 0.0310. The van der Waals surface area contributed by atoms with Crippen LogP contribution in [-0.4, -0.2) is 61.8 Å². The van der Waals surface area contributed by atoms with E-state index in [4.69, 9.17) is 38.7 Å². The van der Waals surface area contributed by atoms with Gasteiger partial charge in [0, 0.05) is 29.1 Å². The first-order valence-electron chi connectivity index (χ1n) is 14.3. The van der Waals surface area contributed by atoms with Crippen LogP contribution in [-0.2, 0) is 31.8 Å². The monoisotopic (exact) mass is 697 g/mol. The first kappa shape index (κ1) is 35.1. The molecule has 1 heterocycles. The molecule has 9 N–H and O–H groups in total. The normalized spacial score (nSPS) is 18.1. The molecule has 1 aromatic heterocycles. The molecule has 0 bridgehead atoms. The topological polar surface area (TPSA) is 233 Å². The van der Waals surface area contributed by atoms with Crippen molar-refractivity contribution < 1.29 is 43.2 Å². The Morgan fingerprint density at radius 3 is 2.41 bits per heavy atom. The number of phosphoric ester groups is 1. The van der Waals surface area contributed by atoms with Gasteiger partial charge in [-0.05, 0) is 54.2 Å². The number of benzene rings is 2. The third kappa shape index (κ3) is 7.94. The molecule has 4 atom stereocenters. The van der Waals surface area contributed by atoms with Crippen LogP contribution in [0.4, 0.5) is 4.79 Å². The molecule has 0 spiro atoms. The number of aromatic amines is 1. The summed E-state index contributed by atoms with van der Waals surface area (Å²) in [5.41, 5.74) is 6.36. The standard InChI is InChI=1S/C29H34Cl2N5O9P/c1-3-14(2)23(25(32)37)35-27(39)29(9-8-22-19(12-29)18-10-16(30)11-21(31)24(18)34-22)36-26(38)20(13-33-28(40)41)15-4-6-17(7-5-15)45-46(42,43)44/h4-7,10-11,14,20,23,33-34H,3,8-9,12-13H2,1-2H3,(H2,32,37)(H,35,39)(H,36,38)(H,40,41)(H2,42,43,44)/t14?,20-,23+,29-/m1/s1. The summed E-state index contributed by atoms with van der Waals surface area (Å²) in [5, 5.41) is 18.5. The van der Waals surface area contributed by atoms with E-state index in [1.807, 2.05) is 6.92 Å². The average Bonchev–Trinajstić information content (AvgIpc) is 3.33. The highest BCUT2D eigenvalue weighted by atomic mass is 35.5. The summed E-state index contributed by atoms with van der Waals surface area (Å²) in [5.74, 6) is -3.83. The molecule has 0 saturated heterocycles. The van der Waals surface area contributed by atoms with Crippen molar-refractivity contribution in [2.45, 2.75) is 57.0 Å². The number of nitrogens with one attached hydrogen (secondary N) is 4. The van der Waals surface area contributed by atoms with Gasteiger partial charge in [0.15, 0.2) is 0 Å². The van der Waals surface area contributed by atoms with Gasteiger partial charge in [0.2, 0.25) is 17.7 Å². The molecule has 4 amide bonds. The molecule has 0 radical (unpaired) electrons. The summed E-state index contributed by atoms with van der Waals surface area (Å²) >= 11 is 12.8. The molecule has 0 saturated carbocycles. The zero-order chi connectivity index (χ0) is 34.0. The van der Waals surface area contributed by atoms with Gasteiger partial charge in [-0.2, -0.15) is 0 Å². The number of carbonyl (C=O) groups excluding carboxylic acids is 3. The number of nitrogens with two attached hydrogens (primary N) is 1. The number of carboxylic acid groups (broad SMARTS) is 1. The number of H-pyrrole nitrogens is 1. The summed E-state index contributed by atoms with van der Waals surface area (Å²) < 4.78 is 15.8. The molecule has 0 aliphatic heterocycles. The molecule has 1 aliphatic carbocycles. The van der Waals surface area contributed by atoms with E-state index in [1.54, 1.807) is 19.1 Å². The van der Waals surface area contributed by atoms with Gasteiger partial charge in [-0.3, -0.25) is 24.2 Å². The summed E-state index contributed by atoms with van der Waals surface area (Å²) in [4.78, 5) is 73.5.